The molecular formula is C25H23NO5. The van der Waals surface area contributed by atoms with E-state index in [1.54, 1.807) is 13.2 Å². The van der Waals surface area contributed by atoms with Crippen molar-refractivity contribution in [2.45, 2.75) is 26.9 Å². The van der Waals surface area contributed by atoms with Crippen LogP contribution in [0.2, 0.25) is 0 Å². The van der Waals surface area contributed by atoms with E-state index in [0.717, 1.165) is 33.9 Å². The SMILES string of the molecule is COc1ccccc1CN1COc2cc(C)c3c(c2C1)O/C(=C\c1ccc(C)o1)C3=O. The Bertz CT molecular complexity index is 1210. The highest BCUT2D eigenvalue weighted by Crippen LogP contribution is 2.44. The summed E-state index contributed by atoms with van der Waals surface area (Å²) in [7, 11) is 1.67. The van der Waals surface area contributed by atoms with E-state index in [1.165, 1.54) is 0 Å². The van der Waals surface area contributed by atoms with Gasteiger partial charge < -0.3 is 18.6 Å². The molecule has 158 valence electrons. The molecule has 0 saturated carbocycles. The molecule has 3 aromatic rings. The zero-order chi connectivity index (χ0) is 21.5. The molecule has 3 heterocycles. The number of nitrogens with zero attached hydrogens (tertiary/aromatic N) is 1. The van der Waals surface area contributed by atoms with E-state index in [2.05, 4.69) is 4.90 Å². The molecule has 0 unspecified atom stereocenters. The van der Waals surface area contributed by atoms with Gasteiger partial charge in [-0.2, -0.15) is 0 Å². The summed E-state index contributed by atoms with van der Waals surface area (Å²) in [6.07, 6.45) is 1.65. The molecule has 0 atom stereocenters. The lowest BCUT2D eigenvalue weighted by atomic mass is 9.98. The van der Waals surface area contributed by atoms with Crippen LogP contribution in [0.1, 0.15) is 38.6 Å². The highest BCUT2D eigenvalue weighted by Gasteiger charge is 2.35. The van der Waals surface area contributed by atoms with Gasteiger partial charge >= 0.3 is 0 Å². The third kappa shape index (κ3) is 3.49. The minimum Gasteiger partial charge on any atom is -0.496 e. The van der Waals surface area contributed by atoms with Crippen molar-refractivity contribution in [1.82, 2.24) is 4.90 Å². The fraction of sp³-hybridized carbons (Fsp3) is 0.240. The monoisotopic (exact) mass is 417 g/mol. The number of hydrogen-bond donors (Lipinski definition) is 0. The van der Waals surface area contributed by atoms with Crippen molar-refractivity contribution in [3.05, 3.63) is 82.0 Å². The minimum absolute atomic E-state index is 0.133. The van der Waals surface area contributed by atoms with Crippen molar-refractivity contribution in [2.75, 3.05) is 13.8 Å². The maximum absolute atomic E-state index is 13.1. The Labute approximate surface area is 180 Å². The average molecular weight is 417 g/mol. The Hall–Kier alpha value is -3.51. The Balaban J connectivity index is 1.46. The van der Waals surface area contributed by atoms with Crippen LogP contribution in [0.4, 0.5) is 0 Å². The number of hydrogen-bond acceptors (Lipinski definition) is 6. The summed E-state index contributed by atoms with van der Waals surface area (Å²) in [5.74, 6) is 3.69. The molecule has 0 aliphatic carbocycles. The number of carbonyl (C=O) groups excluding carboxylic acids is 1. The molecule has 2 aliphatic rings. The van der Waals surface area contributed by atoms with Gasteiger partial charge in [0.25, 0.3) is 0 Å². The molecule has 0 N–H and O–H groups in total. The highest BCUT2D eigenvalue weighted by molar-refractivity contribution is 6.15. The standard InChI is InChI=1S/C25H23NO5/c1-15-10-21-19(13-26(14-29-21)12-17-6-4-5-7-20(17)28-3)25-23(15)24(27)22(31-25)11-18-9-8-16(2)30-18/h4-11H,12-14H2,1-3H3/b22-11-. The molecule has 2 aliphatic heterocycles. The van der Waals surface area contributed by atoms with Gasteiger partial charge in [0.05, 0.1) is 18.2 Å². The maximum Gasteiger partial charge on any atom is 0.232 e. The summed E-state index contributed by atoms with van der Waals surface area (Å²) in [4.78, 5) is 15.2. The number of Topliss-reactive ketones (excluding diaryl/α,β-unsaturated/α-hetero) is 1. The summed E-state index contributed by atoms with van der Waals surface area (Å²) in [6.45, 7) is 5.49. The van der Waals surface area contributed by atoms with Gasteiger partial charge in [-0.15, -0.1) is 0 Å². The van der Waals surface area contributed by atoms with Gasteiger partial charge in [-0.25, -0.2) is 0 Å². The van der Waals surface area contributed by atoms with Crippen molar-refractivity contribution in [3.8, 4) is 17.2 Å². The zero-order valence-electron chi connectivity index (χ0n) is 17.7. The number of ketones is 1. The molecule has 6 heteroatoms. The van der Waals surface area contributed by atoms with E-state index < -0.39 is 0 Å². The van der Waals surface area contributed by atoms with Gasteiger partial charge in [-0.05, 0) is 43.7 Å². The second-order valence-electron chi connectivity index (χ2n) is 7.83. The lowest BCUT2D eigenvalue weighted by Gasteiger charge is -2.30. The van der Waals surface area contributed by atoms with E-state index in [9.17, 15) is 4.79 Å². The van der Waals surface area contributed by atoms with Crippen LogP contribution in [-0.4, -0.2) is 24.5 Å². The van der Waals surface area contributed by atoms with Gasteiger partial charge in [0.2, 0.25) is 5.78 Å². The summed E-state index contributed by atoms with van der Waals surface area (Å²) in [5.41, 5.74) is 3.40. The van der Waals surface area contributed by atoms with Crippen LogP contribution in [0.3, 0.4) is 0 Å². The van der Waals surface area contributed by atoms with Crippen LogP contribution in [-0.2, 0) is 13.1 Å². The minimum atomic E-state index is -0.133. The normalized spacial score (nSPS) is 16.6. The summed E-state index contributed by atoms with van der Waals surface area (Å²) < 4.78 is 23.2. The predicted molar refractivity (Wildman–Crippen MR) is 115 cm³/mol. The maximum atomic E-state index is 13.1. The summed E-state index contributed by atoms with van der Waals surface area (Å²) in [6, 6.07) is 13.5. The number of fused-ring (bicyclic) bond motifs is 3. The molecule has 5 rings (SSSR count). The molecule has 0 spiro atoms. The number of ether oxygens (including phenoxy) is 3. The Kier molecular flexibility index (Phi) is 4.79. The van der Waals surface area contributed by atoms with Crippen molar-refractivity contribution in [2.24, 2.45) is 0 Å². The van der Waals surface area contributed by atoms with Crippen LogP contribution in [0.5, 0.6) is 17.2 Å². The number of allylic oxidation sites excluding steroid dienone is 1. The summed E-state index contributed by atoms with van der Waals surface area (Å²) in [5, 5.41) is 0. The van der Waals surface area contributed by atoms with Gasteiger partial charge in [0, 0.05) is 24.7 Å². The molecule has 31 heavy (non-hydrogen) atoms. The second kappa shape index (κ2) is 7.63. The number of carbonyl (C=O) groups is 1. The number of rotatable bonds is 4. The molecule has 0 saturated heterocycles. The summed E-state index contributed by atoms with van der Waals surface area (Å²) >= 11 is 0. The molecular weight excluding hydrogens is 394 g/mol. The van der Waals surface area contributed by atoms with Crippen molar-refractivity contribution < 1.29 is 23.4 Å². The first-order valence-electron chi connectivity index (χ1n) is 10.2. The zero-order valence-corrected chi connectivity index (χ0v) is 17.7. The first-order chi connectivity index (χ1) is 15.0. The molecule has 0 radical (unpaired) electrons. The molecule has 1 aromatic heterocycles. The first-order valence-corrected chi connectivity index (χ1v) is 10.2. The van der Waals surface area contributed by atoms with Gasteiger partial charge in [0.15, 0.2) is 5.76 Å². The smallest absolute Gasteiger partial charge is 0.232 e. The number of para-hydroxylation sites is 1. The van der Waals surface area contributed by atoms with Crippen LogP contribution in [0, 0.1) is 13.8 Å². The van der Waals surface area contributed by atoms with E-state index in [1.807, 2.05) is 56.3 Å². The van der Waals surface area contributed by atoms with Crippen molar-refractivity contribution in [3.63, 3.8) is 0 Å². The van der Waals surface area contributed by atoms with Crippen LogP contribution in [0.15, 0.2) is 52.6 Å². The van der Waals surface area contributed by atoms with Gasteiger partial charge in [-0.3, -0.25) is 9.69 Å². The topological polar surface area (TPSA) is 61.1 Å². The predicted octanol–water partition coefficient (Wildman–Crippen LogP) is 4.87. The third-order valence-electron chi connectivity index (χ3n) is 5.61. The fourth-order valence-corrected chi connectivity index (χ4v) is 4.11. The molecule has 6 nitrogen and oxygen atoms in total. The Morgan fingerprint density at radius 2 is 2.00 bits per heavy atom. The highest BCUT2D eigenvalue weighted by atomic mass is 16.5. The van der Waals surface area contributed by atoms with Gasteiger partial charge in [0.1, 0.15) is 35.5 Å². The van der Waals surface area contributed by atoms with E-state index >= 15 is 0 Å². The lowest BCUT2D eigenvalue weighted by Crippen LogP contribution is -2.32. The first kappa shape index (κ1) is 19.5. The quantitative estimate of drug-likeness (QED) is 0.564. The van der Waals surface area contributed by atoms with Crippen LogP contribution >= 0.6 is 0 Å². The molecule has 2 aromatic carbocycles. The van der Waals surface area contributed by atoms with Crippen molar-refractivity contribution in [1.29, 1.82) is 0 Å². The fourth-order valence-electron chi connectivity index (χ4n) is 4.11. The van der Waals surface area contributed by atoms with Crippen LogP contribution in [0.25, 0.3) is 6.08 Å². The van der Waals surface area contributed by atoms with E-state index in [4.69, 9.17) is 18.6 Å². The Morgan fingerprint density at radius 1 is 1.16 bits per heavy atom. The number of methoxy groups -OCH3 is 1. The molecule has 0 fully saturated rings. The van der Waals surface area contributed by atoms with E-state index in [-0.39, 0.29) is 11.5 Å². The van der Waals surface area contributed by atoms with Crippen LogP contribution < -0.4 is 14.2 Å². The van der Waals surface area contributed by atoms with Crippen molar-refractivity contribution >= 4 is 11.9 Å². The van der Waals surface area contributed by atoms with Gasteiger partial charge in [-0.1, -0.05) is 18.2 Å². The Morgan fingerprint density at radius 3 is 2.77 bits per heavy atom. The molecule has 0 bridgehead atoms. The number of furan rings is 1. The largest absolute Gasteiger partial charge is 0.496 e. The number of aryl methyl sites for hydroxylation is 2. The molecule has 0 amide bonds. The van der Waals surface area contributed by atoms with E-state index in [0.29, 0.717) is 36.9 Å². The average Bonchev–Trinajstić information content (AvgIpc) is 3.32. The lowest BCUT2D eigenvalue weighted by molar-refractivity contribution is 0.0864. The second-order valence-corrected chi connectivity index (χ2v) is 7.83. The third-order valence-corrected chi connectivity index (χ3v) is 5.61. The number of benzene rings is 2.